The Balaban J connectivity index is 0.000000956. The zero-order chi connectivity index (χ0) is 15.0. The van der Waals surface area contributed by atoms with Crippen molar-refractivity contribution in [3.63, 3.8) is 0 Å². The maximum Gasteiger partial charge on any atom is 0.123 e. The highest BCUT2D eigenvalue weighted by atomic mass is 19.1. The van der Waals surface area contributed by atoms with Crippen molar-refractivity contribution in [1.29, 1.82) is 0 Å². The van der Waals surface area contributed by atoms with E-state index in [1.807, 2.05) is 32.3 Å². The smallest absolute Gasteiger partial charge is 0.123 e. The lowest BCUT2D eigenvalue weighted by Crippen LogP contribution is -2.04. The predicted molar refractivity (Wildman–Crippen MR) is 85.1 cm³/mol. The van der Waals surface area contributed by atoms with Gasteiger partial charge in [-0.05, 0) is 42.3 Å². The number of allylic oxidation sites excluding steroid dienone is 3. The average Bonchev–Trinajstić information content (AvgIpc) is 2.54. The van der Waals surface area contributed by atoms with Gasteiger partial charge < -0.3 is 5.32 Å². The Hall–Kier alpha value is -1.90. The summed E-state index contributed by atoms with van der Waals surface area (Å²) in [5.41, 5.74) is 3.05. The van der Waals surface area contributed by atoms with Crippen LogP contribution in [0, 0.1) is 11.7 Å². The van der Waals surface area contributed by atoms with Crippen LogP contribution in [-0.4, -0.2) is 12.9 Å². The van der Waals surface area contributed by atoms with Crippen molar-refractivity contribution in [1.82, 2.24) is 5.32 Å². The van der Waals surface area contributed by atoms with Gasteiger partial charge in [-0.1, -0.05) is 44.6 Å². The van der Waals surface area contributed by atoms with Crippen molar-refractivity contribution >= 4 is 11.8 Å². The number of aliphatic imine (C=N–C) groups is 1. The second-order valence-corrected chi connectivity index (χ2v) is 4.43. The summed E-state index contributed by atoms with van der Waals surface area (Å²) in [7, 11) is 0. The van der Waals surface area contributed by atoms with E-state index in [-0.39, 0.29) is 5.82 Å². The number of hydrogen-bond donors (Lipinski definition) is 1. The summed E-state index contributed by atoms with van der Waals surface area (Å²) in [6.07, 6.45) is 5.82. The molecule has 20 heavy (non-hydrogen) atoms. The lowest BCUT2D eigenvalue weighted by atomic mass is 9.93. The molecule has 0 bridgehead atoms. The van der Waals surface area contributed by atoms with Crippen LogP contribution >= 0.6 is 0 Å². The molecule has 1 atom stereocenters. The van der Waals surface area contributed by atoms with Gasteiger partial charge in [0.25, 0.3) is 0 Å². The highest BCUT2D eigenvalue weighted by Crippen LogP contribution is 2.24. The molecule has 1 unspecified atom stereocenters. The van der Waals surface area contributed by atoms with E-state index in [1.54, 1.807) is 12.1 Å². The minimum absolute atomic E-state index is 0.220. The molecule has 0 aromatic heterocycles. The largest absolute Gasteiger partial charge is 0.373 e. The Bertz CT molecular complexity index is 515. The predicted octanol–water partition coefficient (Wildman–Crippen LogP) is 4.41. The maximum atomic E-state index is 13.3. The van der Waals surface area contributed by atoms with Crippen LogP contribution < -0.4 is 5.32 Å². The van der Waals surface area contributed by atoms with Crippen LogP contribution in [0.3, 0.4) is 0 Å². The normalized spacial score (nSPS) is 25.1. The number of benzene rings is 1. The van der Waals surface area contributed by atoms with Crippen molar-refractivity contribution in [2.75, 3.05) is 6.67 Å². The topological polar surface area (TPSA) is 24.4 Å². The van der Waals surface area contributed by atoms with Gasteiger partial charge in [0.15, 0.2) is 0 Å². The lowest BCUT2D eigenvalue weighted by molar-refractivity contribution is 0.627. The molecule has 0 radical (unpaired) electrons. The van der Waals surface area contributed by atoms with E-state index in [4.69, 9.17) is 0 Å². The van der Waals surface area contributed by atoms with E-state index in [1.165, 1.54) is 11.6 Å². The molecule has 0 fully saturated rings. The second-order valence-electron chi connectivity index (χ2n) is 4.43. The fourth-order valence-corrected chi connectivity index (χ4v) is 1.90. The van der Waals surface area contributed by atoms with E-state index in [2.05, 4.69) is 30.2 Å². The zero-order valence-electron chi connectivity index (χ0n) is 12.7. The Morgan fingerprint density at radius 2 is 2.05 bits per heavy atom. The summed E-state index contributed by atoms with van der Waals surface area (Å²) in [6.45, 7) is 8.72. The maximum absolute atomic E-state index is 13.3. The molecular formula is C17H23FN2. The third kappa shape index (κ3) is 4.34. The number of nitrogens with one attached hydrogen (secondary N) is 1. The number of rotatable bonds is 1. The molecule has 3 heteroatoms. The van der Waals surface area contributed by atoms with Crippen LogP contribution in [-0.2, 0) is 0 Å². The summed E-state index contributed by atoms with van der Waals surface area (Å²) in [5, 5.41) is 3.08. The fraction of sp³-hybridized carbons (Fsp3) is 0.353. The van der Waals surface area contributed by atoms with Crippen LogP contribution in [0.25, 0.3) is 5.57 Å². The summed E-state index contributed by atoms with van der Waals surface area (Å²) in [6, 6.07) is 6.64. The molecule has 0 saturated heterocycles. The summed E-state index contributed by atoms with van der Waals surface area (Å²) < 4.78 is 13.3. The molecule has 1 aliphatic rings. The number of nitrogens with zero attached hydrogens (tertiary/aromatic N) is 1. The first-order valence-electron chi connectivity index (χ1n) is 7.05. The van der Waals surface area contributed by atoms with Crippen LogP contribution in [0.15, 0.2) is 47.1 Å². The van der Waals surface area contributed by atoms with Crippen molar-refractivity contribution in [2.45, 2.75) is 27.7 Å². The first kappa shape index (κ1) is 16.2. The van der Waals surface area contributed by atoms with Crippen LogP contribution in [0.2, 0.25) is 0 Å². The first-order valence-corrected chi connectivity index (χ1v) is 7.05. The lowest BCUT2D eigenvalue weighted by Gasteiger charge is -2.12. The minimum Gasteiger partial charge on any atom is -0.373 e. The molecular weight excluding hydrogens is 251 g/mol. The van der Waals surface area contributed by atoms with Crippen LogP contribution in [0.4, 0.5) is 4.39 Å². The molecule has 108 valence electrons. The Morgan fingerprint density at radius 1 is 1.30 bits per heavy atom. The van der Waals surface area contributed by atoms with Gasteiger partial charge in [-0.25, -0.2) is 4.39 Å². The SMILES string of the molecule is C/C1=C(c2cccc(F)c2)/C=N\CN/C=C\C1C.CC. The fourth-order valence-electron chi connectivity index (χ4n) is 1.90. The van der Waals surface area contributed by atoms with Crippen molar-refractivity contribution in [3.05, 3.63) is 53.5 Å². The Kier molecular flexibility index (Phi) is 6.71. The highest BCUT2D eigenvalue weighted by Gasteiger charge is 2.10. The molecule has 1 aromatic rings. The van der Waals surface area contributed by atoms with Crippen molar-refractivity contribution in [3.8, 4) is 0 Å². The van der Waals surface area contributed by atoms with Crippen LogP contribution in [0.5, 0.6) is 0 Å². The van der Waals surface area contributed by atoms with Gasteiger partial charge in [0.05, 0.1) is 0 Å². The summed E-state index contributed by atoms with van der Waals surface area (Å²) in [4.78, 5) is 4.30. The van der Waals surface area contributed by atoms with E-state index in [0.717, 1.165) is 11.1 Å². The molecule has 1 heterocycles. The van der Waals surface area contributed by atoms with E-state index in [0.29, 0.717) is 12.6 Å². The van der Waals surface area contributed by atoms with E-state index < -0.39 is 0 Å². The third-order valence-corrected chi connectivity index (χ3v) is 3.15. The summed E-state index contributed by atoms with van der Waals surface area (Å²) >= 11 is 0. The van der Waals surface area contributed by atoms with Gasteiger partial charge in [-0.3, -0.25) is 4.99 Å². The van der Waals surface area contributed by atoms with Gasteiger partial charge >= 0.3 is 0 Å². The third-order valence-electron chi connectivity index (χ3n) is 3.15. The molecule has 2 nitrogen and oxygen atoms in total. The molecule has 1 aromatic carbocycles. The standard InChI is InChI=1S/C15H17FN2.C2H6/c1-11-6-7-17-10-18-9-15(12(11)2)13-4-3-5-14(16)8-13;1-2/h3-9,11,17H,10H2,1-2H3;1-2H3/b7-6-,15-12+,18-9-;. The van der Waals surface area contributed by atoms with Gasteiger partial charge in [0.1, 0.15) is 12.5 Å². The zero-order valence-corrected chi connectivity index (χ0v) is 12.7. The average molecular weight is 274 g/mol. The molecule has 0 aliphatic carbocycles. The van der Waals surface area contributed by atoms with Gasteiger partial charge in [-0.15, -0.1) is 0 Å². The molecule has 0 amide bonds. The molecule has 0 spiro atoms. The molecule has 1 N–H and O–H groups in total. The Labute approximate surface area is 121 Å². The highest BCUT2D eigenvalue weighted by molar-refractivity contribution is 6.11. The number of hydrogen-bond acceptors (Lipinski definition) is 2. The van der Waals surface area contributed by atoms with Gasteiger partial charge in [0.2, 0.25) is 0 Å². The van der Waals surface area contributed by atoms with E-state index >= 15 is 0 Å². The first-order chi connectivity index (χ1) is 9.68. The van der Waals surface area contributed by atoms with Gasteiger partial charge in [0, 0.05) is 6.21 Å². The number of halogens is 1. The quantitative estimate of drug-likeness (QED) is 0.806. The molecule has 2 rings (SSSR count). The Morgan fingerprint density at radius 3 is 2.75 bits per heavy atom. The van der Waals surface area contributed by atoms with Crippen molar-refractivity contribution in [2.24, 2.45) is 10.9 Å². The van der Waals surface area contributed by atoms with Crippen LogP contribution in [0.1, 0.15) is 33.3 Å². The van der Waals surface area contributed by atoms with E-state index in [9.17, 15) is 4.39 Å². The minimum atomic E-state index is -0.220. The van der Waals surface area contributed by atoms with Crippen molar-refractivity contribution < 1.29 is 4.39 Å². The molecule has 0 saturated carbocycles. The molecule has 1 aliphatic heterocycles. The van der Waals surface area contributed by atoms with Gasteiger partial charge in [-0.2, -0.15) is 0 Å². The summed E-state index contributed by atoms with van der Waals surface area (Å²) in [5.74, 6) is 0.0720. The monoisotopic (exact) mass is 274 g/mol. The second kappa shape index (κ2) is 8.31.